The van der Waals surface area contributed by atoms with E-state index in [0.29, 0.717) is 0 Å². The van der Waals surface area contributed by atoms with Gasteiger partial charge in [0.15, 0.2) is 0 Å². The van der Waals surface area contributed by atoms with Crippen molar-refractivity contribution in [2.24, 2.45) is 0 Å². The van der Waals surface area contributed by atoms with Gasteiger partial charge in [-0.2, -0.15) is 0 Å². The molecule has 1 heterocycles. The van der Waals surface area contributed by atoms with E-state index in [0.717, 1.165) is 39.5 Å². The largest absolute Gasteiger partial charge is 0.497 e. The summed E-state index contributed by atoms with van der Waals surface area (Å²) < 4.78 is 11.5. The summed E-state index contributed by atoms with van der Waals surface area (Å²) in [6, 6.07) is 32.6. The summed E-state index contributed by atoms with van der Waals surface area (Å²) in [5.41, 5.74) is 4.36. The van der Waals surface area contributed by atoms with Crippen molar-refractivity contribution in [1.82, 2.24) is 0 Å². The summed E-state index contributed by atoms with van der Waals surface area (Å²) in [7, 11) is 1.67. The lowest BCUT2D eigenvalue weighted by Gasteiger charge is -2.03. The second kappa shape index (κ2) is 7.24. The van der Waals surface area contributed by atoms with E-state index in [1.54, 1.807) is 7.11 Å². The van der Waals surface area contributed by atoms with Gasteiger partial charge in [-0.3, -0.25) is 0 Å². The van der Waals surface area contributed by atoms with Crippen molar-refractivity contribution < 1.29 is 9.15 Å². The van der Waals surface area contributed by atoms with Crippen molar-refractivity contribution in [3.63, 3.8) is 0 Å². The highest BCUT2D eigenvalue weighted by Crippen LogP contribution is 2.33. The zero-order valence-electron chi connectivity index (χ0n) is 14.6. The first-order chi connectivity index (χ1) is 12.8. The molecule has 2 nitrogen and oxygen atoms in total. The van der Waals surface area contributed by atoms with Crippen molar-refractivity contribution in [2.45, 2.75) is 0 Å². The van der Waals surface area contributed by atoms with E-state index in [1.807, 2.05) is 48.5 Å². The zero-order chi connectivity index (χ0) is 17.8. The molecule has 0 unspecified atom stereocenters. The third-order valence-electron chi connectivity index (χ3n) is 4.33. The number of hydrogen-bond acceptors (Lipinski definition) is 1. The normalized spacial score (nSPS) is 10.5. The van der Waals surface area contributed by atoms with Gasteiger partial charge in [-0.15, -0.1) is 0 Å². The van der Waals surface area contributed by atoms with Gasteiger partial charge in [-0.25, -0.2) is 4.42 Å². The van der Waals surface area contributed by atoms with Gasteiger partial charge in [-0.05, 0) is 42.0 Å². The van der Waals surface area contributed by atoms with Crippen molar-refractivity contribution in [3.8, 4) is 39.5 Å². The minimum atomic E-state index is 0.827. The van der Waals surface area contributed by atoms with Gasteiger partial charge in [-0.1, -0.05) is 48.5 Å². The summed E-state index contributed by atoms with van der Waals surface area (Å²) in [4.78, 5) is 0. The highest BCUT2D eigenvalue weighted by molar-refractivity contribution is 5.74. The lowest BCUT2D eigenvalue weighted by molar-refractivity contribution is 0.415. The van der Waals surface area contributed by atoms with Gasteiger partial charge in [0, 0.05) is 5.56 Å². The van der Waals surface area contributed by atoms with E-state index in [2.05, 4.69) is 48.5 Å². The Hall–Kier alpha value is -3.39. The van der Waals surface area contributed by atoms with E-state index < -0.39 is 0 Å². The van der Waals surface area contributed by atoms with Crippen molar-refractivity contribution >= 4 is 0 Å². The van der Waals surface area contributed by atoms with Gasteiger partial charge in [0.05, 0.1) is 30.4 Å². The van der Waals surface area contributed by atoms with Crippen LogP contribution in [0.5, 0.6) is 5.75 Å². The first-order valence-electron chi connectivity index (χ1n) is 8.57. The summed E-state index contributed by atoms with van der Waals surface area (Å²) in [5.74, 6) is 2.50. The van der Waals surface area contributed by atoms with Crippen LogP contribution in [0.4, 0.5) is 0 Å². The lowest BCUT2D eigenvalue weighted by atomic mass is 10.0. The molecular formula is C24H19O2+. The van der Waals surface area contributed by atoms with E-state index in [-0.39, 0.29) is 0 Å². The number of rotatable bonds is 4. The van der Waals surface area contributed by atoms with Gasteiger partial charge in [0.2, 0.25) is 0 Å². The highest BCUT2D eigenvalue weighted by atomic mass is 16.5. The molecule has 0 aliphatic carbocycles. The van der Waals surface area contributed by atoms with Crippen LogP contribution in [-0.4, -0.2) is 7.11 Å². The number of methoxy groups -OCH3 is 1. The Labute approximate surface area is 153 Å². The van der Waals surface area contributed by atoms with Crippen molar-refractivity contribution in [1.29, 1.82) is 0 Å². The maximum atomic E-state index is 6.24. The molecule has 4 aromatic rings. The first kappa shape index (κ1) is 16.1. The Morgan fingerprint density at radius 1 is 0.538 bits per heavy atom. The molecule has 0 atom stereocenters. The van der Waals surface area contributed by atoms with Gasteiger partial charge in [0.1, 0.15) is 5.75 Å². The third kappa shape index (κ3) is 3.35. The Morgan fingerprint density at radius 2 is 1.04 bits per heavy atom. The van der Waals surface area contributed by atoms with Crippen LogP contribution in [0.15, 0.2) is 101 Å². The summed E-state index contributed by atoms with van der Waals surface area (Å²) >= 11 is 0. The predicted octanol–water partition coefficient (Wildman–Crippen LogP) is 6.57. The first-order valence-corrected chi connectivity index (χ1v) is 8.57. The third-order valence-corrected chi connectivity index (χ3v) is 4.33. The Balaban J connectivity index is 1.87. The smallest absolute Gasteiger partial charge is 0.361 e. The lowest BCUT2D eigenvalue weighted by Crippen LogP contribution is -1.87. The van der Waals surface area contributed by atoms with Crippen LogP contribution in [-0.2, 0) is 0 Å². The molecule has 0 aliphatic heterocycles. The van der Waals surface area contributed by atoms with Crippen LogP contribution in [0.2, 0.25) is 0 Å². The van der Waals surface area contributed by atoms with Crippen LogP contribution >= 0.6 is 0 Å². The maximum Gasteiger partial charge on any atom is 0.361 e. The highest BCUT2D eigenvalue weighted by Gasteiger charge is 2.20. The van der Waals surface area contributed by atoms with Crippen molar-refractivity contribution in [2.75, 3.05) is 7.11 Å². The standard InChI is InChI=1S/C24H19O2/c1-25-22-14-12-20(13-15-22)24-17-21(18-8-4-2-5-9-18)16-23(26-24)19-10-6-3-7-11-19/h2-17H,1H3/q+1. The molecule has 0 N–H and O–H groups in total. The van der Waals surface area contributed by atoms with E-state index >= 15 is 0 Å². The fraction of sp³-hybridized carbons (Fsp3) is 0.0417. The zero-order valence-corrected chi connectivity index (χ0v) is 14.6. The topological polar surface area (TPSA) is 20.5 Å². The fourth-order valence-corrected chi connectivity index (χ4v) is 2.94. The second-order valence-electron chi connectivity index (χ2n) is 6.04. The molecule has 126 valence electrons. The predicted molar refractivity (Wildman–Crippen MR) is 106 cm³/mol. The number of benzene rings is 3. The molecule has 0 saturated heterocycles. The molecule has 0 bridgehead atoms. The summed E-state index contributed by atoms with van der Waals surface area (Å²) in [6.07, 6.45) is 0. The number of hydrogen-bond donors (Lipinski definition) is 0. The number of ether oxygens (including phenoxy) is 1. The van der Waals surface area contributed by atoms with Crippen LogP contribution < -0.4 is 4.74 Å². The average molecular weight is 339 g/mol. The van der Waals surface area contributed by atoms with Crippen LogP contribution in [0.25, 0.3) is 33.8 Å². The molecular weight excluding hydrogens is 320 g/mol. The minimum Gasteiger partial charge on any atom is -0.497 e. The molecule has 0 aliphatic rings. The van der Waals surface area contributed by atoms with Crippen LogP contribution in [0, 0.1) is 0 Å². The fourth-order valence-electron chi connectivity index (χ4n) is 2.94. The van der Waals surface area contributed by atoms with E-state index in [1.165, 1.54) is 0 Å². The molecule has 0 radical (unpaired) electrons. The Kier molecular flexibility index (Phi) is 4.48. The van der Waals surface area contributed by atoms with Gasteiger partial charge < -0.3 is 4.74 Å². The second-order valence-corrected chi connectivity index (χ2v) is 6.04. The van der Waals surface area contributed by atoms with E-state index in [9.17, 15) is 0 Å². The Morgan fingerprint density at radius 3 is 1.58 bits per heavy atom. The van der Waals surface area contributed by atoms with Gasteiger partial charge >= 0.3 is 11.5 Å². The average Bonchev–Trinajstić information content (AvgIpc) is 2.75. The van der Waals surface area contributed by atoms with Crippen LogP contribution in [0.1, 0.15) is 0 Å². The SMILES string of the molecule is COc1ccc(-c2cc(-c3ccccc3)cc(-c3ccccc3)[o+]2)cc1. The van der Waals surface area contributed by atoms with Crippen LogP contribution in [0.3, 0.4) is 0 Å². The monoisotopic (exact) mass is 339 g/mol. The van der Waals surface area contributed by atoms with Gasteiger partial charge in [0.25, 0.3) is 0 Å². The molecule has 0 saturated carbocycles. The molecule has 0 fully saturated rings. The minimum absolute atomic E-state index is 0.827. The summed E-state index contributed by atoms with van der Waals surface area (Å²) in [6.45, 7) is 0. The molecule has 26 heavy (non-hydrogen) atoms. The Bertz CT molecular complexity index is 934. The molecule has 2 heteroatoms. The van der Waals surface area contributed by atoms with E-state index in [4.69, 9.17) is 9.15 Å². The summed E-state index contributed by atoms with van der Waals surface area (Å²) in [5, 5.41) is 0. The quantitative estimate of drug-likeness (QED) is 0.392. The molecule has 1 aromatic heterocycles. The maximum absolute atomic E-state index is 6.24. The molecule has 0 spiro atoms. The molecule has 4 rings (SSSR count). The molecule has 0 amide bonds. The van der Waals surface area contributed by atoms with Crippen molar-refractivity contribution in [3.05, 3.63) is 97.1 Å². The molecule has 3 aromatic carbocycles.